The fourth-order valence-corrected chi connectivity index (χ4v) is 2.56. The summed E-state index contributed by atoms with van der Waals surface area (Å²) in [6.07, 6.45) is 3.03. The van der Waals surface area contributed by atoms with E-state index in [0.29, 0.717) is 23.2 Å². The van der Waals surface area contributed by atoms with Crippen molar-refractivity contribution in [3.8, 4) is 17.2 Å². The van der Waals surface area contributed by atoms with Crippen LogP contribution in [0.25, 0.3) is 6.08 Å². The Balaban J connectivity index is 2.01. The maximum Gasteiger partial charge on any atom is 0.331 e. The third kappa shape index (κ3) is 5.51. The Labute approximate surface area is 160 Å². The Bertz CT molecular complexity index is 766. The average molecular weight is 370 g/mol. The Morgan fingerprint density at radius 2 is 1.56 bits per heavy atom. The highest BCUT2D eigenvalue weighted by atomic mass is 16.5. The van der Waals surface area contributed by atoms with Crippen LogP contribution in [0.15, 0.2) is 42.5 Å². The molecule has 0 aliphatic rings. The molecule has 0 aromatic heterocycles. The van der Waals surface area contributed by atoms with Crippen LogP contribution in [0.3, 0.4) is 0 Å². The van der Waals surface area contributed by atoms with Gasteiger partial charge in [0, 0.05) is 6.08 Å². The van der Waals surface area contributed by atoms with Crippen molar-refractivity contribution in [1.82, 2.24) is 0 Å². The van der Waals surface area contributed by atoms with Crippen molar-refractivity contribution in [1.29, 1.82) is 0 Å². The molecule has 0 atom stereocenters. The Hall–Kier alpha value is -2.95. The summed E-state index contributed by atoms with van der Waals surface area (Å²) in [6.45, 7) is 4.52. The third-order valence-corrected chi connectivity index (χ3v) is 4.13. The molecule has 0 amide bonds. The van der Waals surface area contributed by atoms with Gasteiger partial charge in [-0.05, 0) is 40.8 Å². The normalized spacial score (nSPS) is 10.9. The van der Waals surface area contributed by atoms with E-state index in [1.54, 1.807) is 39.5 Å². The van der Waals surface area contributed by atoms with E-state index in [-0.39, 0.29) is 6.61 Å². The summed E-state index contributed by atoms with van der Waals surface area (Å²) < 4.78 is 21.2. The summed E-state index contributed by atoms with van der Waals surface area (Å²) >= 11 is 0. The number of carbonyl (C=O) groups is 1. The molecule has 2 rings (SSSR count). The molecule has 0 saturated carbocycles. The van der Waals surface area contributed by atoms with Gasteiger partial charge in [0.2, 0.25) is 5.75 Å². The maximum atomic E-state index is 12.0. The van der Waals surface area contributed by atoms with Crippen molar-refractivity contribution in [3.63, 3.8) is 0 Å². The number of hydrogen-bond acceptors (Lipinski definition) is 5. The minimum absolute atomic E-state index is 0.233. The quantitative estimate of drug-likeness (QED) is 0.502. The molecule has 0 bridgehead atoms. The lowest BCUT2D eigenvalue weighted by molar-refractivity contribution is -0.138. The van der Waals surface area contributed by atoms with E-state index in [1.165, 1.54) is 11.6 Å². The average Bonchev–Trinajstić information content (AvgIpc) is 2.69. The van der Waals surface area contributed by atoms with Crippen LogP contribution in [0.5, 0.6) is 17.2 Å². The topological polar surface area (TPSA) is 54.0 Å². The van der Waals surface area contributed by atoms with E-state index in [0.717, 1.165) is 11.1 Å². The fraction of sp³-hybridized carbons (Fsp3) is 0.318. The van der Waals surface area contributed by atoms with Crippen LogP contribution in [0.2, 0.25) is 0 Å². The van der Waals surface area contributed by atoms with Gasteiger partial charge in [0.1, 0.15) is 6.61 Å². The molecule has 0 saturated heterocycles. The van der Waals surface area contributed by atoms with Crippen LogP contribution in [0.1, 0.15) is 36.5 Å². The van der Waals surface area contributed by atoms with Gasteiger partial charge in [-0.1, -0.05) is 38.1 Å². The highest BCUT2D eigenvalue weighted by Crippen LogP contribution is 2.38. The van der Waals surface area contributed by atoms with Gasteiger partial charge in [-0.3, -0.25) is 0 Å². The molecule has 2 aromatic carbocycles. The predicted molar refractivity (Wildman–Crippen MR) is 105 cm³/mol. The molecule has 0 fully saturated rings. The number of rotatable bonds is 8. The summed E-state index contributed by atoms with van der Waals surface area (Å²) in [5.74, 6) is 1.61. The second-order valence-corrected chi connectivity index (χ2v) is 6.30. The lowest BCUT2D eigenvalue weighted by Crippen LogP contribution is -2.01. The number of ether oxygens (including phenoxy) is 4. The predicted octanol–water partition coefficient (Wildman–Crippen LogP) is 4.59. The van der Waals surface area contributed by atoms with Crippen LogP contribution in [-0.4, -0.2) is 27.3 Å². The Morgan fingerprint density at radius 1 is 0.963 bits per heavy atom. The number of methoxy groups -OCH3 is 3. The summed E-state index contributed by atoms with van der Waals surface area (Å²) in [5, 5.41) is 0. The lowest BCUT2D eigenvalue weighted by atomic mass is 10.0. The van der Waals surface area contributed by atoms with E-state index >= 15 is 0 Å². The largest absolute Gasteiger partial charge is 0.493 e. The van der Waals surface area contributed by atoms with Crippen LogP contribution < -0.4 is 14.2 Å². The lowest BCUT2D eigenvalue weighted by Gasteiger charge is -2.12. The van der Waals surface area contributed by atoms with Gasteiger partial charge in [0.15, 0.2) is 11.5 Å². The second kappa shape index (κ2) is 9.67. The van der Waals surface area contributed by atoms with Crippen molar-refractivity contribution in [2.75, 3.05) is 21.3 Å². The minimum atomic E-state index is -0.420. The highest BCUT2D eigenvalue weighted by molar-refractivity contribution is 5.87. The molecule has 0 aliphatic heterocycles. The van der Waals surface area contributed by atoms with Crippen molar-refractivity contribution >= 4 is 12.0 Å². The summed E-state index contributed by atoms with van der Waals surface area (Å²) in [5.41, 5.74) is 2.95. The van der Waals surface area contributed by atoms with Gasteiger partial charge >= 0.3 is 5.97 Å². The molecule has 0 N–H and O–H groups in total. The highest BCUT2D eigenvalue weighted by Gasteiger charge is 2.12. The molecule has 0 radical (unpaired) electrons. The summed E-state index contributed by atoms with van der Waals surface area (Å²) in [4.78, 5) is 12.0. The van der Waals surface area contributed by atoms with Gasteiger partial charge < -0.3 is 18.9 Å². The van der Waals surface area contributed by atoms with E-state index in [2.05, 4.69) is 26.0 Å². The number of esters is 1. The zero-order valence-electron chi connectivity index (χ0n) is 16.4. The molecule has 27 heavy (non-hydrogen) atoms. The molecule has 0 spiro atoms. The molecule has 0 aliphatic carbocycles. The number of benzene rings is 2. The first-order chi connectivity index (χ1) is 13.0. The first-order valence-electron chi connectivity index (χ1n) is 8.72. The van der Waals surface area contributed by atoms with Crippen molar-refractivity contribution in [2.45, 2.75) is 26.4 Å². The fourth-order valence-electron chi connectivity index (χ4n) is 2.56. The van der Waals surface area contributed by atoms with Crippen LogP contribution >= 0.6 is 0 Å². The molecule has 0 unspecified atom stereocenters. The number of carbonyl (C=O) groups excluding carboxylic acids is 1. The smallest absolute Gasteiger partial charge is 0.331 e. The van der Waals surface area contributed by atoms with Crippen LogP contribution in [0.4, 0.5) is 0 Å². The standard InChI is InChI=1S/C22H26O5/c1-15(2)18-9-6-16(7-10-18)14-27-21(23)11-8-17-12-19(24-3)22(26-5)20(13-17)25-4/h6-13,15H,14H2,1-5H3/b11-8+. The molecule has 0 heterocycles. The first kappa shape index (κ1) is 20.4. The summed E-state index contributed by atoms with van der Waals surface area (Å²) in [7, 11) is 4.63. The maximum absolute atomic E-state index is 12.0. The van der Waals surface area contributed by atoms with Gasteiger partial charge in [-0.2, -0.15) is 0 Å². The Morgan fingerprint density at radius 3 is 2.04 bits per heavy atom. The first-order valence-corrected chi connectivity index (χ1v) is 8.72. The molecular weight excluding hydrogens is 344 g/mol. The molecular formula is C22H26O5. The van der Waals surface area contributed by atoms with Crippen LogP contribution in [-0.2, 0) is 16.1 Å². The molecule has 2 aromatic rings. The second-order valence-electron chi connectivity index (χ2n) is 6.30. The van der Waals surface area contributed by atoms with Crippen molar-refractivity contribution in [2.24, 2.45) is 0 Å². The van der Waals surface area contributed by atoms with E-state index < -0.39 is 5.97 Å². The summed E-state index contributed by atoms with van der Waals surface area (Å²) in [6, 6.07) is 11.6. The van der Waals surface area contributed by atoms with E-state index in [9.17, 15) is 4.79 Å². The van der Waals surface area contributed by atoms with Gasteiger partial charge in [0.25, 0.3) is 0 Å². The molecule has 144 valence electrons. The van der Waals surface area contributed by atoms with Crippen LogP contribution in [0, 0.1) is 0 Å². The zero-order valence-corrected chi connectivity index (χ0v) is 16.4. The third-order valence-electron chi connectivity index (χ3n) is 4.13. The monoisotopic (exact) mass is 370 g/mol. The van der Waals surface area contributed by atoms with Crippen molar-refractivity contribution in [3.05, 3.63) is 59.2 Å². The van der Waals surface area contributed by atoms with E-state index in [1.807, 2.05) is 12.1 Å². The minimum Gasteiger partial charge on any atom is -0.493 e. The van der Waals surface area contributed by atoms with Gasteiger partial charge in [-0.25, -0.2) is 4.79 Å². The zero-order chi connectivity index (χ0) is 19.8. The molecule has 5 heteroatoms. The Kier molecular flexibility index (Phi) is 7.29. The molecule has 5 nitrogen and oxygen atoms in total. The van der Waals surface area contributed by atoms with Gasteiger partial charge in [0.05, 0.1) is 21.3 Å². The SMILES string of the molecule is COc1cc(/C=C/C(=O)OCc2ccc(C(C)C)cc2)cc(OC)c1OC. The van der Waals surface area contributed by atoms with Crippen molar-refractivity contribution < 1.29 is 23.7 Å². The van der Waals surface area contributed by atoms with E-state index in [4.69, 9.17) is 18.9 Å². The van der Waals surface area contributed by atoms with Gasteiger partial charge in [-0.15, -0.1) is 0 Å². The number of hydrogen-bond donors (Lipinski definition) is 0.